The van der Waals surface area contributed by atoms with Crippen LogP contribution in [0, 0.1) is 0 Å². The third-order valence-corrected chi connectivity index (χ3v) is 2.57. The molecule has 1 aromatic rings. The topological polar surface area (TPSA) is 50.7 Å². The van der Waals surface area contributed by atoms with Crippen LogP contribution in [-0.2, 0) is 6.42 Å². The molecule has 0 saturated carbocycles. The smallest absolute Gasteiger partial charge is 0.219 e. The van der Waals surface area contributed by atoms with Gasteiger partial charge in [-0.25, -0.2) is 9.98 Å². The van der Waals surface area contributed by atoms with Gasteiger partial charge in [0, 0.05) is 6.20 Å². The van der Waals surface area contributed by atoms with Crippen molar-refractivity contribution in [3.8, 4) is 0 Å². The fourth-order valence-corrected chi connectivity index (χ4v) is 1.48. The van der Waals surface area contributed by atoms with Crippen LogP contribution in [0.5, 0.6) is 0 Å². The molecule has 1 rings (SSSR count). The van der Waals surface area contributed by atoms with E-state index >= 15 is 0 Å². The SMILES string of the molecule is C=NC(N)=N/C=C(\CC)CCc1ccccc1. The third kappa shape index (κ3) is 5.11. The Bertz CT molecular complexity index is 405. The zero-order valence-corrected chi connectivity index (χ0v) is 10.3. The van der Waals surface area contributed by atoms with E-state index in [-0.39, 0.29) is 5.96 Å². The number of benzene rings is 1. The lowest BCUT2D eigenvalue weighted by Crippen LogP contribution is -2.06. The Kier molecular flexibility index (Phi) is 5.72. The molecule has 0 fully saturated rings. The first-order valence-corrected chi connectivity index (χ1v) is 5.78. The van der Waals surface area contributed by atoms with Gasteiger partial charge in [-0.2, -0.15) is 0 Å². The minimum atomic E-state index is 0.218. The standard InChI is InChI=1S/C14H19N3/c1-3-12(11-17-14(15)16-2)9-10-13-7-5-4-6-8-13/h4-8,11H,2-3,9-10H2,1H3,(H2,15,17)/b12-11+. The summed E-state index contributed by atoms with van der Waals surface area (Å²) in [6, 6.07) is 10.4. The van der Waals surface area contributed by atoms with Crippen LogP contribution in [0.1, 0.15) is 25.3 Å². The first-order valence-electron chi connectivity index (χ1n) is 5.78. The summed E-state index contributed by atoms with van der Waals surface area (Å²) in [5.74, 6) is 0.218. The largest absolute Gasteiger partial charge is 0.368 e. The Morgan fingerprint density at radius 3 is 2.65 bits per heavy atom. The number of rotatable bonds is 5. The van der Waals surface area contributed by atoms with E-state index in [0.717, 1.165) is 19.3 Å². The van der Waals surface area contributed by atoms with Crippen molar-refractivity contribution in [3.05, 3.63) is 47.7 Å². The zero-order valence-electron chi connectivity index (χ0n) is 10.3. The molecule has 17 heavy (non-hydrogen) atoms. The highest BCUT2D eigenvalue weighted by Gasteiger charge is 1.96. The zero-order chi connectivity index (χ0) is 12.5. The summed E-state index contributed by atoms with van der Waals surface area (Å²) in [7, 11) is 0. The van der Waals surface area contributed by atoms with Gasteiger partial charge in [-0.1, -0.05) is 42.8 Å². The molecule has 3 nitrogen and oxygen atoms in total. The highest BCUT2D eigenvalue weighted by molar-refractivity contribution is 5.82. The third-order valence-electron chi connectivity index (χ3n) is 2.57. The molecule has 2 N–H and O–H groups in total. The molecule has 0 aliphatic rings. The summed E-state index contributed by atoms with van der Waals surface area (Å²) < 4.78 is 0. The van der Waals surface area contributed by atoms with Crippen molar-refractivity contribution in [1.29, 1.82) is 0 Å². The number of nitrogens with two attached hydrogens (primary N) is 1. The average molecular weight is 229 g/mol. The van der Waals surface area contributed by atoms with E-state index < -0.39 is 0 Å². The van der Waals surface area contributed by atoms with Gasteiger partial charge in [0.2, 0.25) is 5.96 Å². The summed E-state index contributed by atoms with van der Waals surface area (Å²) in [6.45, 7) is 5.44. The predicted molar refractivity (Wildman–Crippen MR) is 74.3 cm³/mol. The van der Waals surface area contributed by atoms with Gasteiger partial charge in [-0.05, 0) is 31.5 Å². The molecule has 0 spiro atoms. The van der Waals surface area contributed by atoms with Crippen LogP contribution in [0.4, 0.5) is 0 Å². The maximum Gasteiger partial charge on any atom is 0.219 e. The van der Waals surface area contributed by atoms with Gasteiger partial charge in [0.1, 0.15) is 0 Å². The fourth-order valence-electron chi connectivity index (χ4n) is 1.48. The lowest BCUT2D eigenvalue weighted by atomic mass is 10.0. The number of aliphatic imine (C=N–C) groups is 2. The molecule has 0 aromatic heterocycles. The van der Waals surface area contributed by atoms with Gasteiger partial charge in [-0.3, -0.25) is 0 Å². The first-order chi connectivity index (χ1) is 8.26. The number of hydrogen-bond donors (Lipinski definition) is 1. The number of allylic oxidation sites excluding steroid dienone is 1. The average Bonchev–Trinajstić information content (AvgIpc) is 2.39. The van der Waals surface area contributed by atoms with Crippen LogP contribution in [0.15, 0.2) is 52.1 Å². The Morgan fingerprint density at radius 2 is 2.06 bits per heavy atom. The number of nitrogens with zero attached hydrogens (tertiary/aromatic N) is 2. The minimum Gasteiger partial charge on any atom is -0.368 e. The van der Waals surface area contributed by atoms with Crippen molar-refractivity contribution in [2.24, 2.45) is 15.7 Å². The maximum atomic E-state index is 5.46. The maximum absolute atomic E-state index is 5.46. The summed E-state index contributed by atoms with van der Waals surface area (Å²) in [5, 5.41) is 0. The molecular weight excluding hydrogens is 210 g/mol. The Morgan fingerprint density at radius 1 is 1.35 bits per heavy atom. The molecule has 0 saturated heterocycles. The fraction of sp³-hybridized carbons (Fsp3) is 0.286. The van der Waals surface area contributed by atoms with Crippen molar-refractivity contribution in [3.63, 3.8) is 0 Å². The van der Waals surface area contributed by atoms with Crippen molar-refractivity contribution < 1.29 is 0 Å². The Balaban J connectivity index is 2.56. The first kappa shape index (κ1) is 13.2. The molecule has 0 unspecified atom stereocenters. The van der Waals surface area contributed by atoms with Crippen molar-refractivity contribution >= 4 is 12.7 Å². The molecule has 90 valence electrons. The highest BCUT2D eigenvalue weighted by Crippen LogP contribution is 2.12. The number of guanidine groups is 1. The lowest BCUT2D eigenvalue weighted by Gasteiger charge is -2.03. The van der Waals surface area contributed by atoms with Crippen LogP contribution < -0.4 is 5.73 Å². The van der Waals surface area contributed by atoms with E-state index in [2.05, 4.69) is 47.9 Å². The summed E-state index contributed by atoms with van der Waals surface area (Å²) in [6.07, 6.45) is 4.79. The molecule has 0 atom stereocenters. The molecule has 0 bridgehead atoms. The van der Waals surface area contributed by atoms with Crippen LogP contribution in [0.3, 0.4) is 0 Å². The molecule has 0 aliphatic heterocycles. The van der Waals surface area contributed by atoms with Gasteiger partial charge >= 0.3 is 0 Å². The highest BCUT2D eigenvalue weighted by atomic mass is 15.0. The molecule has 0 aliphatic carbocycles. The lowest BCUT2D eigenvalue weighted by molar-refractivity contribution is 0.879. The summed E-state index contributed by atoms with van der Waals surface area (Å²) in [4.78, 5) is 7.58. The second kappa shape index (κ2) is 7.39. The summed E-state index contributed by atoms with van der Waals surface area (Å²) >= 11 is 0. The van der Waals surface area contributed by atoms with Gasteiger partial charge in [0.05, 0.1) is 0 Å². The molecule has 0 amide bonds. The van der Waals surface area contributed by atoms with Crippen LogP contribution >= 0.6 is 0 Å². The Labute approximate surface area is 103 Å². The van der Waals surface area contributed by atoms with Crippen molar-refractivity contribution in [2.75, 3.05) is 0 Å². The van der Waals surface area contributed by atoms with E-state index in [1.807, 2.05) is 6.07 Å². The predicted octanol–water partition coefficient (Wildman–Crippen LogP) is 2.93. The molecular formula is C14H19N3. The van der Waals surface area contributed by atoms with Crippen molar-refractivity contribution in [2.45, 2.75) is 26.2 Å². The number of aryl methyl sites for hydroxylation is 1. The van der Waals surface area contributed by atoms with E-state index in [0.29, 0.717) is 0 Å². The van der Waals surface area contributed by atoms with E-state index in [1.54, 1.807) is 6.20 Å². The van der Waals surface area contributed by atoms with Crippen LogP contribution in [0.25, 0.3) is 0 Å². The van der Waals surface area contributed by atoms with Gasteiger partial charge in [-0.15, -0.1) is 0 Å². The van der Waals surface area contributed by atoms with Gasteiger partial charge < -0.3 is 5.73 Å². The van der Waals surface area contributed by atoms with Crippen LogP contribution in [0.2, 0.25) is 0 Å². The Hall–Kier alpha value is -1.90. The van der Waals surface area contributed by atoms with Gasteiger partial charge in [0.25, 0.3) is 0 Å². The normalized spacial score (nSPS) is 12.5. The molecule has 0 heterocycles. The minimum absolute atomic E-state index is 0.218. The monoisotopic (exact) mass is 229 g/mol. The molecule has 3 heteroatoms. The second-order valence-corrected chi connectivity index (χ2v) is 3.77. The molecule has 0 radical (unpaired) electrons. The second-order valence-electron chi connectivity index (χ2n) is 3.77. The molecule has 1 aromatic carbocycles. The van der Waals surface area contributed by atoms with Gasteiger partial charge in [0.15, 0.2) is 0 Å². The van der Waals surface area contributed by atoms with Crippen LogP contribution in [-0.4, -0.2) is 12.7 Å². The quantitative estimate of drug-likeness (QED) is 0.612. The van der Waals surface area contributed by atoms with E-state index in [1.165, 1.54) is 11.1 Å². The summed E-state index contributed by atoms with van der Waals surface area (Å²) in [5.41, 5.74) is 8.06. The van der Waals surface area contributed by atoms with E-state index in [4.69, 9.17) is 5.73 Å². The van der Waals surface area contributed by atoms with Crippen molar-refractivity contribution in [1.82, 2.24) is 0 Å². The van der Waals surface area contributed by atoms with E-state index in [9.17, 15) is 0 Å². The number of hydrogen-bond acceptors (Lipinski definition) is 1.